The van der Waals surface area contributed by atoms with Crippen molar-refractivity contribution in [2.75, 3.05) is 12.9 Å². The van der Waals surface area contributed by atoms with Gasteiger partial charge in [-0.25, -0.2) is 0 Å². The highest BCUT2D eigenvalue weighted by molar-refractivity contribution is 7.99. The molecule has 3 rings (SSSR count). The van der Waals surface area contributed by atoms with E-state index < -0.39 is 5.97 Å². The van der Waals surface area contributed by atoms with E-state index in [0.29, 0.717) is 11.1 Å². The minimum atomic E-state index is -0.873. The van der Waals surface area contributed by atoms with Gasteiger partial charge in [0, 0.05) is 5.92 Å². The van der Waals surface area contributed by atoms with Gasteiger partial charge >= 0.3 is 5.97 Å². The topological polar surface area (TPSA) is 77.2 Å². The lowest BCUT2D eigenvalue weighted by molar-refractivity contribution is -0.133. The van der Waals surface area contributed by atoms with Crippen LogP contribution in [0.15, 0.2) is 29.4 Å². The number of aliphatic carboxylic acids is 1. The SMILES string of the molecule is COc1ccccc1-n1c(SCC(=O)O)nnc1C1CC1. The van der Waals surface area contributed by atoms with Crippen LogP contribution in [0, 0.1) is 0 Å². The van der Waals surface area contributed by atoms with Crippen LogP contribution < -0.4 is 4.74 Å². The summed E-state index contributed by atoms with van der Waals surface area (Å²) in [6.07, 6.45) is 2.19. The lowest BCUT2D eigenvalue weighted by Gasteiger charge is -2.13. The van der Waals surface area contributed by atoms with Crippen molar-refractivity contribution in [3.8, 4) is 11.4 Å². The molecule has 1 N–H and O–H groups in total. The van der Waals surface area contributed by atoms with Crippen molar-refractivity contribution in [1.82, 2.24) is 14.8 Å². The first-order valence-corrected chi connectivity index (χ1v) is 7.62. The van der Waals surface area contributed by atoms with Gasteiger partial charge in [-0.2, -0.15) is 0 Å². The minimum absolute atomic E-state index is 0.0437. The first-order chi connectivity index (χ1) is 10.2. The molecule has 0 amide bonds. The Bertz CT molecular complexity index is 667. The van der Waals surface area contributed by atoms with Crippen LogP contribution in [0.2, 0.25) is 0 Å². The third-order valence-corrected chi connectivity index (χ3v) is 4.17. The van der Waals surface area contributed by atoms with Gasteiger partial charge in [-0.05, 0) is 25.0 Å². The second-order valence-corrected chi connectivity index (χ2v) is 5.75. The highest BCUT2D eigenvalue weighted by Crippen LogP contribution is 2.42. The monoisotopic (exact) mass is 305 g/mol. The largest absolute Gasteiger partial charge is 0.495 e. The summed E-state index contributed by atoms with van der Waals surface area (Å²) in [6, 6.07) is 7.62. The van der Waals surface area contributed by atoms with Crippen LogP contribution in [0.3, 0.4) is 0 Å². The minimum Gasteiger partial charge on any atom is -0.495 e. The molecule has 1 aromatic carbocycles. The number of hydrogen-bond acceptors (Lipinski definition) is 5. The molecule has 0 spiro atoms. The predicted molar refractivity (Wildman–Crippen MR) is 78.2 cm³/mol. The number of carboxylic acid groups (broad SMARTS) is 1. The molecule has 0 unspecified atom stereocenters. The number of aromatic nitrogens is 3. The molecule has 110 valence electrons. The molecular formula is C14H15N3O3S. The maximum absolute atomic E-state index is 10.8. The number of thioether (sulfide) groups is 1. The molecule has 1 heterocycles. The number of methoxy groups -OCH3 is 1. The Morgan fingerprint density at radius 2 is 2.19 bits per heavy atom. The number of carbonyl (C=O) groups is 1. The molecule has 0 aliphatic heterocycles. The van der Waals surface area contributed by atoms with Crippen LogP contribution >= 0.6 is 11.8 Å². The van der Waals surface area contributed by atoms with Crippen LogP contribution in [0.25, 0.3) is 5.69 Å². The van der Waals surface area contributed by atoms with Crippen molar-refractivity contribution in [2.24, 2.45) is 0 Å². The fourth-order valence-electron chi connectivity index (χ4n) is 2.15. The molecule has 1 aliphatic carbocycles. The fourth-order valence-corrected chi connectivity index (χ4v) is 2.82. The van der Waals surface area contributed by atoms with Gasteiger partial charge in [-0.15, -0.1) is 10.2 Å². The predicted octanol–water partition coefficient (Wildman–Crippen LogP) is 2.33. The molecular weight excluding hydrogens is 290 g/mol. The van der Waals surface area contributed by atoms with Crippen LogP contribution in [-0.4, -0.2) is 38.7 Å². The molecule has 0 atom stereocenters. The third-order valence-electron chi connectivity index (χ3n) is 3.25. The second-order valence-electron chi connectivity index (χ2n) is 4.80. The number of hydrogen-bond donors (Lipinski definition) is 1. The van der Waals surface area contributed by atoms with E-state index in [9.17, 15) is 4.79 Å². The Kier molecular flexibility index (Phi) is 3.83. The van der Waals surface area contributed by atoms with Gasteiger partial charge in [0.05, 0.1) is 18.6 Å². The summed E-state index contributed by atoms with van der Waals surface area (Å²) in [6.45, 7) is 0. The Balaban J connectivity index is 2.05. The Morgan fingerprint density at radius 1 is 1.43 bits per heavy atom. The van der Waals surface area contributed by atoms with Gasteiger partial charge in [0.15, 0.2) is 5.16 Å². The van der Waals surface area contributed by atoms with E-state index in [2.05, 4.69) is 10.2 Å². The zero-order chi connectivity index (χ0) is 14.8. The summed E-state index contributed by atoms with van der Waals surface area (Å²) < 4.78 is 7.32. The molecule has 1 fully saturated rings. The molecule has 2 aromatic rings. The summed E-state index contributed by atoms with van der Waals surface area (Å²) in [7, 11) is 1.62. The quantitative estimate of drug-likeness (QED) is 0.825. The molecule has 1 aliphatic rings. The summed E-state index contributed by atoms with van der Waals surface area (Å²) in [4.78, 5) is 10.8. The molecule has 0 saturated heterocycles. The summed E-state index contributed by atoms with van der Waals surface area (Å²) in [5.74, 6) is 1.09. The van der Waals surface area contributed by atoms with Gasteiger partial charge in [-0.1, -0.05) is 23.9 Å². The van der Waals surface area contributed by atoms with Gasteiger partial charge in [0.1, 0.15) is 11.6 Å². The maximum Gasteiger partial charge on any atom is 0.313 e. The number of carboxylic acids is 1. The molecule has 0 radical (unpaired) electrons. The van der Waals surface area contributed by atoms with E-state index >= 15 is 0 Å². The first kappa shape index (κ1) is 13.9. The van der Waals surface area contributed by atoms with E-state index in [1.54, 1.807) is 7.11 Å². The Labute approximate surface area is 126 Å². The number of para-hydroxylation sites is 2. The number of ether oxygens (including phenoxy) is 1. The van der Waals surface area contributed by atoms with Gasteiger partial charge < -0.3 is 9.84 Å². The van der Waals surface area contributed by atoms with E-state index in [0.717, 1.165) is 30.1 Å². The van der Waals surface area contributed by atoms with Gasteiger partial charge in [0.25, 0.3) is 0 Å². The van der Waals surface area contributed by atoms with Crippen molar-refractivity contribution in [2.45, 2.75) is 23.9 Å². The van der Waals surface area contributed by atoms with E-state index in [4.69, 9.17) is 9.84 Å². The van der Waals surface area contributed by atoms with Crippen LogP contribution in [0.5, 0.6) is 5.75 Å². The highest BCUT2D eigenvalue weighted by atomic mass is 32.2. The summed E-state index contributed by atoms with van der Waals surface area (Å²) >= 11 is 1.17. The Hall–Kier alpha value is -2.02. The van der Waals surface area contributed by atoms with Gasteiger partial charge in [0.2, 0.25) is 0 Å². The normalized spacial score (nSPS) is 14.1. The van der Waals surface area contributed by atoms with Crippen molar-refractivity contribution in [1.29, 1.82) is 0 Å². The van der Waals surface area contributed by atoms with Crippen molar-refractivity contribution < 1.29 is 14.6 Å². The van der Waals surface area contributed by atoms with E-state index in [1.807, 2.05) is 28.8 Å². The zero-order valence-electron chi connectivity index (χ0n) is 11.5. The molecule has 0 bridgehead atoms. The smallest absolute Gasteiger partial charge is 0.313 e. The van der Waals surface area contributed by atoms with Gasteiger partial charge in [-0.3, -0.25) is 9.36 Å². The highest BCUT2D eigenvalue weighted by Gasteiger charge is 2.31. The van der Waals surface area contributed by atoms with Crippen LogP contribution in [0.4, 0.5) is 0 Å². The summed E-state index contributed by atoms with van der Waals surface area (Å²) in [5, 5.41) is 17.9. The molecule has 1 aromatic heterocycles. The van der Waals surface area contributed by atoms with Crippen molar-refractivity contribution in [3.05, 3.63) is 30.1 Å². The molecule has 1 saturated carbocycles. The van der Waals surface area contributed by atoms with Crippen LogP contribution in [0.1, 0.15) is 24.6 Å². The molecule has 6 nitrogen and oxygen atoms in total. The standard InChI is InChI=1S/C14H15N3O3S/c1-20-11-5-3-2-4-10(11)17-13(9-6-7-9)15-16-14(17)21-8-12(18)19/h2-5,9H,6-8H2,1H3,(H,18,19). The Morgan fingerprint density at radius 3 is 2.86 bits per heavy atom. The van der Waals surface area contributed by atoms with E-state index in [1.165, 1.54) is 11.8 Å². The first-order valence-electron chi connectivity index (χ1n) is 6.64. The third kappa shape index (κ3) is 2.87. The zero-order valence-corrected chi connectivity index (χ0v) is 12.3. The van der Waals surface area contributed by atoms with Crippen LogP contribution in [-0.2, 0) is 4.79 Å². The lowest BCUT2D eigenvalue weighted by atomic mass is 10.2. The summed E-state index contributed by atoms with van der Waals surface area (Å²) in [5.41, 5.74) is 0.847. The average Bonchev–Trinajstić information content (AvgIpc) is 3.25. The molecule has 21 heavy (non-hydrogen) atoms. The van der Waals surface area contributed by atoms with Crippen molar-refractivity contribution in [3.63, 3.8) is 0 Å². The second kappa shape index (κ2) is 5.77. The number of nitrogens with zero attached hydrogens (tertiary/aromatic N) is 3. The number of benzene rings is 1. The lowest BCUT2D eigenvalue weighted by Crippen LogP contribution is -2.05. The molecule has 7 heteroatoms. The number of rotatable bonds is 6. The maximum atomic E-state index is 10.8. The van der Waals surface area contributed by atoms with E-state index in [-0.39, 0.29) is 5.75 Å². The van der Waals surface area contributed by atoms with Crippen molar-refractivity contribution >= 4 is 17.7 Å². The average molecular weight is 305 g/mol. The fraction of sp³-hybridized carbons (Fsp3) is 0.357.